The number of benzene rings is 2. The molecular formula is C23H20F3N3O3. The molecule has 0 atom stereocenters. The van der Waals surface area contributed by atoms with Crippen LogP contribution in [0.1, 0.15) is 34.1 Å². The molecule has 0 aliphatic rings. The van der Waals surface area contributed by atoms with Gasteiger partial charge in [-0.15, -0.1) is 0 Å². The molecule has 0 aliphatic carbocycles. The molecule has 2 N–H and O–H groups in total. The maximum Gasteiger partial charge on any atom is 0.416 e. The van der Waals surface area contributed by atoms with Crippen LogP contribution in [-0.4, -0.2) is 16.4 Å². The summed E-state index contributed by atoms with van der Waals surface area (Å²) in [5.41, 5.74) is -0.0533. The van der Waals surface area contributed by atoms with Crippen LogP contribution in [0.2, 0.25) is 0 Å². The number of nitrogens with zero attached hydrogens (tertiary/aromatic N) is 1. The van der Waals surface area contributed by atoms with E-state index in [-0.39, 0.29) is 23.7 Å². The van der Waals surface area contributed by atoms with Gasteiger partial charge in [0.05, 0.1) is 5.56 Å². The third-order valence-corrected chi connectivity index (χ3v) is 4.68. The van der Waals surface area contributed by atoms with Gasteiger partial charge in [0, 0.05) is 30.5 Å². The molecule has 0 bridgehead atoms. The fourth-order valence-electron chi connectivity index (χ4n) is 3.13. The van der Waals surface area contributed by atoms with Crippen LogP contribution >= 0.6 is 0 Å². The Bertz CT molecular complexity index is 1220. The Labute approximate surface area is 181 Å². The highest BCUT2D eigenvalue weighted by molar-refractivity contribution is 5.94. The van der Waals surface area contributed by atoms with E-state index in [0.717, 1.165) is 22.3 Å². The minimum Gasteiger partial charge on any atom is -0.348 e. The van der Waals surface area contributed by atoms with Gasteiger partial charge in [-0.05, 0) is 55.0 Å². The Morgan fingerprint density at radius 3 is 2.31 bits per heavy atom. The number of aryl methyl sites for hydroxylation is 1. The van der Waals surface area contributed by atoms with Crippen LogP contribution in [0, 0.1) is 6.92 Å². The summed E-state index contributed by atoms with van der Waals surface area (Å²) in [5.74, 6) is -0.857. The van der Waals surface area contributed by atoms with E-state index < -0.39 is 23.2 Å². The van der Waals surface area contributed by atoms with Gasteiger partial charge < -0.3 is 10.6 Å². The number of halogens is 3. The maximum atomic E-state index is 13.1. The second-order valence-electron chi connectivity index (χ2n) is 7.14. The van der Waals surface area contributed by atoms with Crippen LogP contribution in [0.25, 0.3) is 5.69 Å². The molecule has 6 nitrogen and oxygen atoms in total. The van der Waals surface area contributed by atoms with Gasteiger partial charge in [-0.3, -0.25) is 19.0 Å². The third kappa shape index (κ3) is 5.23. The lowest BCUT2D eigenvalue weighted by Gasteiger charge is -2.14. The second-order valence-corrected chi connectivity index (χ2v) is 7.14. The van der Waals surface area contributed by atoms with Crippen LogP contribution in [0.4, 0.5) is 18.9 Å². The number of hydrogen-bond donors (Lipinski definition) is 2. The minimum absolute atomic E-state index is 0.0190. The lowest BCUT2D eigenvalue weighted by molar-refractivity contribution is -0.137. The average Bonchev–Trinajstić information content (AvgIpc) is 2.72. The number of rotatable bonds is 5. The first kappa shape index (κ1) is 22.8. The lowest BCUT2D eigenvalue weighted by Crippen LogP contribution is -2.33. The molecule has 0 saturated heterocycles. The molecule has 0 unspecified atom stereocenters. The predicted octanol–water partition coefficient (Wildman–Crippen LogP) is 4.05. The lowest BCUT2D eigenvalue weighted by atomic mass is 10.1. The molecule has 2 amide bonds. The van der Waals surface area contributed by atoms with Gasteiger partial charge >= 0.3 is 6.18 Å². The smallest absolute Gasteiger partial charge is 0.348 e. The summed E-state index contributed by atoms with van der Waals surface area (Å²) < 4.78 is 40.3. The molecule has 9 heteroatoms. The standard InChI is InChI=1S/C23H20F3N3O3/c1-14-6-11-20(21(31)27-13-16-7-9-18(10-8-16)28-15(2)30)22(32)29(14)19-5-3-4-17(12-19)23(24,25)26/h3-12H,13H2,1-2H3,(H,27,31)(H,28,30). The molecular weight excluding hydrogens is 423 g/mol. The average molecular weight is 443 g/mol. The van der Waals surface area contributed by atoms with Crippen molar-refractivity contribution in [3.63, 3.8) is 0 Å². The van der Waals surface area contributed by atoms with Crippen molar-refractivity contribution in [2.24, 2.45) is 0 Å². The number of carbonyl (C=O) groups is 2. The van der Waals surface area contributed by atoms with Crippen LogP contribution in [0.15, 0.2) is 65.5 Å². The zero-order chi connectivity index (χ0) is 23.5. The Morgan fingerprint density at radius 2 is 1.69 bits per heavy atom. The number of aromatic nitrogens is 1. The summed E-state index contributed by atoms with van der Waals surface area (Å²) >= 11 is 0. The van der Waals surface area contributed by atoms with Crippen LogP contribution in [0.5, 0.6) is 0 Å². The zero-order valence-electron chi connectivity index (χ0n) is 17.3. The Morgan fingerprint density at radius 1 is 1.00 bits per heavy atom. The summed E-state index contributed by atoms with van der Waals surface area (Å²) in [6.07, 6.45) is -4.56. The Kier molecular flexibility index (Phi) is 6.47. The minimum atomic E-state index is -4.56. The van der Waals surface area contributed by atoms with E-state index in [1.165, 1.54) is 31.2 Å². The molecule has 0 radical (unpaired) electrons. The van der Waals surface area contributed by atoms with Crippen molar-refractivity contribution in [2.75, 3.05) is 5.32 Å². The molecule has 0 saturated carbocycles. The summed E-state index contributed by atoms with van der Waals surface area (Å²) in [6.45, 7) is 3.08. The molecule has 3 aromatic rings. The number of amides is 2. The number of anilines is 1. The van der Waals surface area contributed by atoms with E-state index in [0.29, 0.717) is 11.4 Å². The molecule has 0 aliphatic heterocycles. The first-order valence-corrected chi connectivity index (χ1v) is 9.61. The van der Waals surface area contributed by atoms with Gasteiger partial charge in [0.15, 0.2) is 0 Å². The zero-order valence-corrected chi connectivity index (χ0v) is 17.3. The largest absolute Gasteiger partial charge is 0.416 e. The van der Waals surface area contributed by atoms with E-state index in [1.54, 1.807) is 31.2 Å². The molecule has 1 aromatic heterocycles. The van der Waals surface area contributed by atoms with Gasteiger partial charge in [-0.25, -0.2) is 0 Å². The number of hydrogen-bond acceptors (Lipinski definition) is 3. The van der Waals surface area contributed by atoms with Gasteiger partial charge in [0.2, 0.25) is 5.91 Å². The fourth-order valence-corrected chi connectivity index (χ4v) is 3.13. The number of pyridine rings is 1. The third-order valence-electron chi connectivity index (χ3n) is 4.68. The highest BCUT2D eigenvalue weighted by atomic mass is 19.4. The second kappa shape index (κ2) is 9.09. The van der Waals surface area contributed by atoms with Gasteiger partial charge in [-0.2, -0.15) is 13.2 Å². The van der Waals surface area contributed by atoms with Crippen LogP contribution in [-0.2, 0) is 17.5 Å². The van der Waals surface area contributed by atoms with E-state index in [9.17, 15) is 27.6 Å². The molecule has 0 spiro atoms. The van der Waals surface area contributed by atoms with Gasteiger partial charge in [0.1, 0.15) is 5.56 Å². The summed E-state index contributed by atoms with van der Waals surface area (Å²) in [6, 6.07) is 14.0. The monoisotopic (exact) mass is 443 g/mol. The van der Waals surface area contributed by atoms with Gasteiger partial charge in [-0.1, -0.05) is 18.2 Å². The molecule has 1 heterocycles. The molecule has 2 aromatic carbocycles. The summed E-state index contributed by atoms with van der Waals surface area (Å²) in [7, 11) is 0. The van der Waals surface area contributed by atoms with E-state index in [2.05, 4.69) is 10.6 Å². The van der Waals surface area contributed by atoms with Crippen LogP contribution in [0.3, 0.4) is 0 Å². The first-order valence-electron chi connectivity index (χ1n) is 9.61. The van der Waals surface area contributed by atoms with Crippen LogP contribution < -0.4 is 16.2 Å². The molecule has 166 valence electrons. The van der Waals surface area contributed by atoms with Gasteiger partial charge in [0.25, 0.3) is 11.5 Å². The van der Waals surface area contributed by atoms with Crippen molar-refractivity contribution in [1.82, 2.24) is 9.88 Å². The quantitative estimate of drug-likeness (QED) is 0.624. The summed E-state index contributed by atoms with van der Waals surface area (Å²) in [5, 5.41) is 5.26. The van der Waals surface area contributed by atoms with Crippen molar-refractivity contribution in [3.05, 3.63) is 93.4 Å². The highest BCUT2D eigenvalue weighted by Crippen LogP contribution is 2.30. The van der Waals surface area contributed by atoms with Crippen molar-refractivity contribution in [3.8, 4) is 5.69 Å². The van der Waals surface area contributed by atoms with Crippen molar-refractivity contribution in [2.45, 2.75) is 26.6 Å². The first-order chi connectivity index (χ1) is 15.1. The number of carbonyl (C=O) groups excluding carboxylic acids is 2. The Hall–Kier alpha value is -3.88. The molecule has 0 fully saturated rings. The summed E-state index contributed by atoms with van der Waals surface area (Å²) in [4.78, 5) is 36.6. The SMILES string of the molecule is CC(=O)Nc1ccc(CNC(=O)c2ccc(C)n(-c3cccc(C(F)(F)F)c3)c2=O)cc1. The molecule has 3 rings (SSSR count). The highest BCUT2D eigenvalue weighted by Gasteiger charge is 2.30. The molecule has 32 heavy (non-hydrogen) atoms. The van der Waals surface area contributed by atoms with E-state index in [1.807, 2.05) is 0 Å². The topological polar surface area (TPSA) is 80.2 Å². The Balaban J connectivity index is 1.83. The maximum absolute atomic E-state index is 13.1. The fraction of sp³-hybridized carbons (Fsp3) is 0.174. The van der Waals surface area contributed by atoms with Crippen molar-refractivity contribution in [1.29, 1.82) is 0 Å². The van der Waals surface area contributed by atoms with Crippen molar-refractivity contribution < 1.29 is 22.8 Å². The number of alkyl halides is 3. The normalized spacial score (nSPS) is 11.2. The van der Waals surface area contributed by atoms with E-state index in [4.69, 9.17) is 0 Å². The number of nitrogens with one attached hydrogen (secondary N) is 2. The van der Waals surface area contributed by atoms with E-state index >= 15 is 0 Å². The van der Waals surface area contributed by atoms with Crippen molar-refractivity contribution >= 4 is 17.5 Å². The predicted molar refractivity (Wildman–Crippen MR) is 114 cm³/mol.